The van der Waals surface area contributed by atoms with Gasteiger partial charge in [0, 0.05) is 53.1 Å². The number of nitrogens with one attached hydrogen (secondary N) is 3. The molecule has 1 aliphatic heterocycles. The lowest BCUT2D eigenvalue weighted by Gasteiger charge is -2.24. The van der Waals surface area contributed by atoms with E-state index < -0.39 is 21.1 Å². The number of fused-ring (bicyclic) bond motifs is 1. The van der Waals surface area contributed by atoms with Crippen molar-refractivity contribution in [3.63, 3.8) is 0 Å². The SMILES string of the molecule is Cc1c(F)c(NS(=O)(=O)C(C)C)c2ccccc2c1Oc1nccnc1-c1ccnc(N[C@H]2CCCNC2)c1. The monoisotopic (exact) mass is 550 g/mol. The van der Waals surface area contributed by atoms with Crippen LogP contribution in [0.2, 0.25) is 0 Å². The number of rotatable bonds is 8. The van der Waals surface area contributed by atoms with Crippen LogP contribution in [-0.2, 0) is 10.0 Å². The predicted octanol–water partition coefficient (Wildman–Crippen LogP) is 5.25. The van der Waals surface area contributed by atoms with Crippen molar-refractivity contribution in [2.45, 2.75) is 44.9 Å². The van der Waals surface area contributed by atoms with Crippen molar-refractivity contribution >= 4 is 32.3 Å². The van der Waals surface area contributed by atoms with Gasteiger partial charge in [-0.3, -0.25) is 4.72 Å². The number of halogens is 1. The molecule has 2 aromatic heterocycles. The zero-order valence-corrected chi connectivity index (χ0v) is 22.8. The number of anilines is 2. The first kappa shape index (κ1) is 26.8. The molecule has 1 atom stereocenters. The lowest BCUT2D eigenvalue weighted by atomic mass is 10.0. The summed E-state index contributed by atoms with van der Waals surface area (Å²) in [5.74, 6) is 0.428. The summed E-state index contributed by atoms with van der Waals surface area (Å²) in [7, 11) is -3.78. The van der Waals surface area contributed by atoms with Gasteiger partial charge in [-0.15, -0.1) is 0 Å². The van der Waals surface area contributed by atoms with E-state index in [4.69, 9.17) is 4.74 Å². The molecule has 0 radical (unpaired) electrons. The van der Waals surface area contributed by atoms with Crippen LogP contribution < -0.4 is 20.1 Å². The number of hydrogen-bond donors (Lipinski definition) is 3. The Bertz CT molecular complexity index is 1610. The normalized spacial score (nSPS) is 15.9. The molecule has 0 amide bonds. The second kappa shape index (κ2) is 11.1. The van der Waals surface area contributed by atoms with Crippen LogP contribution in [-0.4, -0.2) is 47.8 Å². The summed E-state index contributed by atoms with van der Waals surface area (Å²) in [6.45, 7) is 6.51. The van der Waals surface area contributed by atoms with Crippen molar-refractivity contribution in [1.82, 2.24) is 20.3 Å². The van der Waals surface area contributed by atoms with Gasteiger partial charge in [-0.2, -0.15) is 0 Å². The van der Waals surface area contributed by atoms with Crippen molar-refractivity contribution in [3.8, 4) is 22.9 Å². The van der Waals surface area contributed by atoms with Gasteiger partial charge >= 0.3 is 0 Å². The third kappa shape index (κ3) is 5.64. The minimum absolute atomic E-state index is 0.106. The van der Waals surface area contributed by atoms with Crippen LogP contribution in [0.25, 0.3) is 22.0 Å². The second-order valence-electron chi connectivity index (χ2n) is 9.81. The van der Waals surface area contributed by atoms with Gasteiger partial charge in [-0.1, -0.05) is 24.3 Å². The van der Waals surface area contributed by atoms with Gasteiger partial charge in [-0.05, 0) is 52.3 Å². The largest absolute Gasteiger partial charge is 0.436 e. The van der Waals surface area contributed by atoms with Crippen LogP contribution in [0, 0.1) is 12.7 Å². The number of sulfonamides is 1. The number of piperidine rings is 1. The number of nitrogens with zero attached hydrogens (tertiary/aromatic N) is 3. The average Bonchev–Trinajstić information content (AvgIpc) is 2.94. The molecule has 1 saturated heterocycles. The maximum Gasteiger partial charge on any atom is 0.246 e. The molecule has 3 heterocycles. The highest BCUT2D eigenvalue weighted by atomic mass is 32.2. The van der Waals surface area contributed by atoms with Crippen molar-refractivity contribution in [2.24, 2.45) is 0 Å². The predicted molar refractivity (Wildman–Crippen MR) is 151 cm³/mol. The van der Waals surface area contributed by atoms with Gasteiger partial charge in [-0.25, -0.2) is 27.8 Å². The van der Waals surface area contributed by atoms with Crippen LogP contribution in [0.3, 0.4) is 0 Å². The Balaban J connectivity index is 1.54. The van der Waals surface area contributed by atoms with E-state index in [1.54, 1.807) is 43.6 Å². The molecule has 5 rings (SSSR count). The molecule has 2 aromatic carbocycles. The summed E-state index contributed by atoms with van der Waals surface area (Å²) in [6.07, 6.45) is 6.92. The number of ether oxygens (including phenoxy) is 1. The summed E-state index contributed by atoms with van der Waals surface area (Å²) in [5, 5.41) is 7.03. The molecule has 0 bridgehead atoms. The van der Waals surface area contributed by atoms with E-state index in [1.165, 1.54) is 20.0 Å². The second-order valence-corrected chi connectivity index (χ2v) is 12.1. The number of pyridine rings is 1. The Morgan fingerprint density at radius 1 is 1.08 bits per heavy atom. The average molecular weight is 551 g/mol. The van der Waals surface area contributed by atoms with Crippen molar-refractivity contribution in [1.29, 1.82) is 0 Å². The Morgan fingerprint density at radius 2 is 1.85 bits per heavy atom. The molecule has 4 aromatic rings. The third-order valence-corrected chi connectivity index (χ3v) is 8.47. The zero-order chi connectivity index (χ0) is 27.6. The highest BCUT2D eigenvalue weighted by molar-refractivity contribution is 7.93. The Hall–Kier alpha value is -3.83. The summed E-state index contributed by atoms with van der Waals surface area (Å²) in [4.78, 5) is 13.4. The molecule has 9 nitrogen and oxygen atoms in total. The molecule has 0 spiro atoms. The Kier molecular flexibility index (Phi) is 7.62. The molecule has 1 fully saturated rings. The smallest absolute Gasteiger partial charge is 0.246 e. The highest BCUT2D eigenvalue weighted by Gasteiger charge is 2.25. The molecule has 0 saturated carbocycles. The standard InChI is InChI=1S/C28H31FN6O3S/c1-17(2)39(36,37)35-26-21-8-4-5-9-22(21)27(18(3)24(26)29)38-28-25(32-13-14-33-28)19-10-12-31-23(15-19)34-20-7-6-11-30-16-20/h4-5,8-10,12-15,17,20,30,35H,6-7,11,16H2,1-3H3,(H,31,34)/t20-/m0/s1. The lowest BCUT2D eigenvalue weighted by molar-refractivity contribution is 0.459. The molecule has 39 heavy (non-hydrogen) atoms. The first-order valence-electron chi connectivity index (χ1n) is 12.9. The molecule has 11 heteroatoms. The fourth-order valence-electron chi connectivity index (χ4n) is 4.53. The fraction of sp³-hybridized carbons (Fsp3) is 0.321. The molecule has 0 unspecified atom stereocenters. The molecular weight excluding hydrogens is 519 g/mol. The summed E-state index contributed by atoms with van der Waals surface area (Å²) < 4.78 is 49.6. The quantitative estimate of drug-likeness (QED) is 0.272. The topological polar surface area (TPSA) is 118 Å². The zero-order valence-electron chi connectivity index (χ0n) is 22.0. The summed E-state index contributed by atoms with van der Waals surface area (Å²) >= 11 is 0. The van der Waals surface area contributed by atoms with E-state index in [1.807, 2.05) is 12.1 Å². The summed E-state index contributed by atoms with van der Waals surface area (Å²) in [5.41, 5.74) is 1.25. The van der Waals surface area contributed by atoms with Crippen LogP contribution in [0.4, 0.5) is 15.9 Å². The Labute approximate surface area is 227 Å². The van der Waals surface area contributed by atoms with Gasteiger partial charge in [0.2, 0.25) is 15.9 Å². The minimum atomic E-state index is -3.78. The number of aromatic nitrogens is 3. The molecule has 1 aliphatic rings. The maximum atomic E-state index is 15.7. The van der Waals surface area contributed by atoms with Crippen molar-refractivity contribution in [2.75, 3.05) is 23.1 Å². The van der Waals surface area contributed by atoms with E-state index in [0.717, 1.165) is 31.5 Å². The van der Waals surface area contributed by atoms with Crippen LogP contribution in [0.1, 0.15) is 32.3 Å². The van der Waals surface area contributed by atoms with Gasteiger partial charge in [0.15, 0.2) is 5.82 Å². The van der Waals surface area contributed by atoms with E-state index in [-0.39, 0.29) is 28.9 Å². The molecule has 0 aliphatic carbocycles. The minimum Gasteiger partial charge on any atom is -0.436 e. The van der Waals surface area contributed by atoms with E-state index in [2.05, 4.69) is 30.3 Å². The van der Waals surface area contributed by atoms with E-state index in [9.17, 15) is 8.42 Å². The van der Waals surface area contributed by atoms with Gasteiger partial charge < -0.3 is 15.4 Å². The van der Waals surface area contributed by atoms with Gasteiger partial charge in [0.25, 0.3) is 0 Å². The van der Waals surface area contributed by atoms with Gasteiger partial charge in [0.05, 0.1) is 10.9 Å². The molecule has 204 valence electrons. The number of hydrogen-bond acceptors (Lipinski definition) is 8. The first-order valence-corrected chi connectivity index (χ1v) is 14.4. The highest BCUT2D eigenvalue weighted by Crippen LogP contribution is 2.41. The number of benzene rings is 2. The van der Waals surface area contributed by atoms with Crippen molar-refractivity contribution < 1.29 is 17.5 Å². The van der Waals surface area contributed by atoms with Gasteiger partial charge in [0.1, 0.15) is 17.3 Å². The third-order valence-electron chi connectivity index (χ3n) is 6.74. The maximum absolute atomic E-state index is 15.7. The Morgan fingerprint density at radius 3 is 2.59 bits per heavy atom. The molecular formula is C28H31FN6O3S. The van der Waals surface area contributed by atoms with Crippen molar-refractivity contribution in [3.05, 3.63) is 66.4 Å². The van der Waals surface area contributed by atoms with Crippen LogP contribution >= 0.6 is 0 Å². The van der Waals surface area contributed by atoms with E-state index >= 15 is 4.39 Å². The first-order chi connectivity index (χ1) is 18.7. The van der Waals surface area contributed by atoms with Crippen LogP contribution in [0.5, 0.6) is 11.6 Å². The fourth-order valence-corrected chi connectivity index (χ4v) is 5.25. The lowest BCUT2D eigenvalue weighted by Crippen LogP contribution is -2.38. The summed E-state index contributed by atoms with van der Waals surface area (Å²) in [6, 6.07) is 10.9. The van der Waals surface area contributed by atoms with Crippen LogP contribution in [0.15, 0.2) is 55.0 Å². The molecule has 3 N–H and O–H groups in total. The van der Waals surface area contributed by atoms with E-state index in [0.29, 0.717) is 22.3 Å².